The Morgan fingerprint density at radius 3 is 2.45 bits per heavy atom. The van der Waals surface area contributed by atoms with E-state index in [9.17, 15) is 9.18 Å². The summed E-state index contributed by atoms with van der Waals surface area (Å²) in [5.74, 6) is 1.75. The highest BCUT2D eigenvalue weighted by molar-refractivity contribution is 5.85. The molecule has 0 unspecified atom stereocenters. The van der Waals surface area contributed by atoms with E-state index in [1.54, 1.807) is 36.7 Å². The first kappa shape index (κ1) is 37.8. The Morgan fingerprint density at radius 2 is 1.76 bits per heavy atom. The van der Waals surface area contributed by atoms with Crippen LogP contribution >= 0.6 is 0 Å². The lowest BCUT2D eigenvalue weighted by Gasteiger charge is -2.32. The molecule has 13 heteroatoms. The number of likely N-dealkylation sites (tertiary alicyclic amines) is 1. The zero-order valence-corrected chi connectivity index (χ0v) is 29.4. The number of halogens is 1. The topological polar surface area (TPSA) is 164 Å². The van der Waals surface area contributed by atoms with Crippen molar-refractivity contribution in [1.29, 1.82) is 5.26 Å². The Balaban J connectivity index is 0.00000141. The van der Waals surface area contributed by atoms with Gasteiger partial charge in [0.25, 0.3) is 0 Å². The maximum Gasteiger partial charge on any atom is 0.234 e. The number of allylic oxidation sites excluding steroid dienone is 3. The minimum atomic E-state index is -0.655. The van der Waals surface area contributed by atoms with Crippen molar-refractivity contribution in [2.75, 3.05) is 30.8 Å². The number of fused-ring (bicyclic) bond motifs is 1. The highest BCUT2D eigenvalue weighted by atomic mass is 19.1. The summed E-state index contributed by atoms with van der Waals surface area (Å²) in [4.78, 5) is 35.6. The number of nitrogens with two attached hydrogens (primary N) is 1. The van der Waals surface area contributed by atoms with E-state index in [-0.39, 0.29) is 11.9 Å². The molecule has 1 aliphatic heterocycles. The number of nitrogen functional groups attached to an aromatic ring is 1. The van der Waals surface area contributed by atoms with Gasteiger partial charge >= 0.3 is 0 Å². The summed E-state index contributed by atoms with van der Waals surface area (Å²) < 4.78 is 14.9. The van der Waals surface area contributed by atoms with Crippen LogP contribution in [0.4, 0.5) is 16.0 Å². The number of imidazole rings is 1. The molecule has 1 fully saturated rings. The Bertz CT molecular complexity index is 1970. The first-order valence-corrected chi connectivity index (χ1v) is 17.1. The molecule has 0 radical (unpaired) electrons. The summed E-state index contributed by atoms with van der Waals surface area (Å²) in [5.41, 5.74) is 11.2. The predicted octanol–water partition coefficient (Wildman–Crippen LogP) is 6.47. The number of anilines is 2. The monoisotopic (exact) mass is 689 g/mol. The quantitative estimate of drug-likeness (QED) is 0.103. The minimum absolute atomic E-state index is 0.158. The molecule has 5 aromatic rings. The number of aromatic nitrogens is 6. The number of alkyl halides is 1. The molecule has 264 valence electrons. The minimum Gasteiger partial charge on any atom is -0.383 e. The van der Waals surface area contributed by atoms with Crippen LogP contribution in [0, 0.1) is 11.3 Å². The van der Waals surface area contributed by atoms with Gasteiger partial charge in [-0.2, -0.15) is 5.26 Å². The number of hydrogen-bond donors (Lipinski definition) is 3. The van der Waals surface area contributed by atoms with Gasteiger partial charge in [0.1, 0.15) is 29.9 Å². The molecule has 4 aromatic heterocycles. The van der Waals surface area contributed by atoms with Gasteiger partial charge in [0.15, 0.2) is 11.5 Å². The van der Waals surface area contributed by atoms with E-state index in [1.807, 2.05) is 62.6 Å². The van der Waals surface area contributed by atoms with Gasteiger partial charge in [-0.25, -0.2) is 29.3 Å². The number of hydrogen-bond acceptors (Lipinski definition) is 10. The van der Waals surface area contributed by atoms with E-state index in [1.165, 1.54) is 12.3 Å². The standard InChI is InChI=1S/C34H32FN11O.2C2H6/c35-14-1-3-24(20-38-22-47)28-9-10-29-34(42-28)46(33(43-29)27-4-2-15-40-32(27)37)26-7-5-23(6-8-26)21-45-17-12-25(13-18-45)41-30-11-16-39-31(19-36)44-30;2*1-2/h1-11,15-16,20,22,25H,12-14,17-18,21H2,(H2,37,40)(H,38,47)(H,39,41,44);2*1-2H3/b3-1-,24-20+;;. The molecule has 0 saturated carbocycles. The number of nitrogens with zero attached hydrogens (tertiary/aromatic N) is 8. The summed E-state index contributed by atoms with van der Waals surface area (Å²) in [7, 11) is 0. The summed E-state index contributed by atoms with van der Waals surface area (Å²) in [6.45, 7) is 9.99. The first-order chi connectivity index (χ1) is 25.1. The molecule has 12 nitrogen and oxygen atoms in total. The molecule has 0 aliphatic carbocycles. The fraction of sp³-hybridized carbons (Fsp3) is 0.289. The van der Waals surface area contributed by atoms with Crippen LogP contribution < -0.4 is 16.4 Å². The average Bonchev–Trinajstić information content (AvgIpc) is 3.56. The maximum absolute atomic E-state index is 13.0. The van der Waals surface area contributed by atoms with Gasteiger partial charge in [-0.3, -0.25) is 14.3 Å². The molecule has 4 N–H and O–H groups in total. The van der Waals surface area contributed by atoms with E-state index in [0.717, 1.165) is 43.7 Å². The number of carbonyl (C=O) groups is 1. The molecule has 1 aliphatic rings. The van der Waals surface area contributed by atoms with E-state index < -0.39 is 6.67 Å². The molecule has 1 saturated heterocycles. The summed E-state index contributed by atoms with van der Waals surface area (Å²) in [6.07, 6.45) is 10.1. The summed E-state index contributed by atoms with van der Waals surface area (Å²) >= 11 is 0. The predicted molar refractivity (Wildman–Crippen MR) is 200 cm³/mol. The van der Waals surface area contributed by atoms with Crippen LogP contribution in [-0.4, -0.2) is 66.6 Å². The van der Waals surface area contributed by atoms with Gasteiger partial charge in [-0.05, 0) is 60.9 Å². The smallest absolute Gasteiger partial charge is 0.234 e. The van der Waals surface area contributed by atoms with E-state index >= 15 is 0 Å². The second-order valence-corrected chi connectivity index (χ2v) is 10.9. The number of carbonyl (C=O) groups excluding carboxylic acids is 1. The lowest BCUT2D eigenvalue weighted by Crippen LogP contribution is -2.38. The van der Waals surface area contributed by atoms with Crippen LogP contribution in [-0.2, 0) is 11.3 Å². The molecular formula is C38H44FN11O. The lowest BCUT2D eigenvalue weighted by atomic mass is 10.0. The van der Waals surface area contributed by atoms with Crippen molar-refractivity contribution in [2.24, 2.45) is 0 Å². The third-order valence-electron chi connectivity index (χ3n) is 7.87. The second-order valence-electron chi connectivity index (χ2n) is 10.9. The van der Waals surface area contributed by atoms with Gasteiger partial charge in [-0.1, -0.05) is 52.0 Å². The molecule has 6 rings (SSSR count). The van der Waals surface area contributed by atoms with Crippen molar-refractivity contribution >= 4 is 34.8 Å². The second kappa shape index (κ2) is 19.3. The van der Waals surface area contributed by atoms with Crippen molar-refractivity contribution in [3.8, 4) is 23.1 Å². The first-order valence-electron chi connectivity index (χ1n) is 17.1. The van der Waals surface area contributed by atoms with Crippen molar-refractivity contribution in [2.45, 2.75) is 53.1 Å². The molecule has 5 heterocycles. The normalized spacial score (nSPS) is 13.5. The molecule has 1 aromatic carbocycles. The third-order valence-corrected chi connectivity index (χ3v) is 7.87. The third kappa shape index (κ3) is 9.58. The molecule has 51 heavy (non-hydrogen) atoms. The Labute approximate surface area is 298 Å². The molecule has 1 amide bonds. The number of benzene rings is 1. The van der Waals surface area contributed by atoms with Crippen molar-refractivity contribution in [3.05, 3.63) is 102 Å². The largest absolute Gasteiger partial charge is 0.383 e. The average molecular weight is 690 g/mol. The fourth-order valence-electron chi connectivity index (χ4n) is 5.60. The Kier molecular flexibility index (Phi) is 14.3. The van der Waals surface area contributed by atoms with Crippen molar-refractivity contribution < 1.29 is 9.18 Å². The highest BCUT2D eigenvalue weighted by Crippen LogP contribution is 2.31. The zero-order chi connectivity index (χ0) is 36.6. The molecular weight excluding hydrogens is 645 g/mol. The van der Waals surface area contributed by atoms with Crippen LogP contribution in [0.3, 0.4) is 0 Å². The van der Waals surface area contributed by atoms with Gasteiger partial charge in [0.2, 0.25) is 12.2 Å². The number of nitriles is 1. The van der Waals surface area contributed by atoms with Gasteiger partial charge in [0, 0.05) is 55.5 Å². The zero-order valence-electron chi connectivity index (χ0n) is 29.4. The number of rotatable bonds is 11. The van der Waals surface area contributed by atoms with Crippen LogP contribution in [0.5, 0.6) is 0 Å². The van der Waals surface area contributed by atoms with E-state index in [4.69, 9.17) is 21.0 Å². The maximum atomic E-state index is 13.0. The van der Waals surface area contributed by atoms with Gasteiger partial charge < -0.3 is 16.4 Å². The number of amides is 1. The molecule has 0 bridgehead atoms. The van der Waals surface area contributed by atoms with Gasteiger partial charge in [-0.15, -0.1) is 0 Å². The van der Waals surface area contributed by atoms with Crippen molar-refractivity contribution in [3.63, 3.8) is 0 Å². The molecule has 0 atom stereocenters. The van der Waals surface area contributed by atoms with Crippen molar-refractivity contribution in [1.82, 2.24) is 39.7 Å². The lowest BCUT2D eigenvalue weighted by molar-refractivity contribution is -0.108. The number of piperidine rings is 1. The van der Waals surface area contributed by atoms with E-state index in [0.29, 0.717) is 51.9 Å². The fourth-order valence-corrected chi connectivity index (χ4v) is 5.60. The number of pyridine rings is 2. The highest BCUT2D eigenvalue weighted by Gasteiger charge is 2.21. The van der Waals surface area contributed by atoms with E-state index in [2.05, 4.69) is 42.6 Å². The van der Waals surface area contributed by atoms with Crippen LogP contribution in [0.25, 0.3) is 33.8 Å². The number of nitrogens with one attached hydrogen (secondary N) is 2. The van der Waals surface area contributed by atoms with Crippen LogP contribution in [0.15, 0.2) is 85.3 Å². The Morgan fingerprint density at radius 1 is 1.00 bits per heavy atom. The SMILES string of the molecule is CC.CC.N#Cc1nccc(NC2CCN(Cc3ccc(-n4c(-c5cccnc5N)nc5ccc(C(/C=C\CF)=C/NC=O)nc54)cc3)CC2)n1. The van der Waals surface area contributed by atoms with Crippen LogP contribution in [0.2, 0.25) is 0 Å². The summed E-state index contributed by atoms with van der Waals surface area (Å²) in [5, 5.41) is 15.0. The van der Waals surface area contributed by atoms with Crippen LogP contribution in [0.1, 0.15) is 57.6 Å². The molecule has 0 spiro atoms. The van der Waals surface area contributed by atoms with Gasteiger partial charge in [0.05, 0.1) is 11.3 Å². The Hall–Kier alpha value is -6.00. The summed E-state index contributed by atoms with van der Waals surface area (Å²) in [6, 6.07) is 19.6.